The Morgan fingerprint density at radius 3 is 1.71 bits per heavy atom. The van der Waals surface area contributed by atoms with Gasteiger partial charge in [0.15, 0.2) is 5.78 Å². The summed E-state index contributed by atoms with van der Waals surface area (Å²) in [5.74, 6) is -2.00. The van der Waals surface area contributed by atoms with Crippen molar-refractivity contribution in [1.29, 1.82) is 0 Å². The van der Waals surface area contributed by atoms with Gasteiger partial charge < -0.3 is 10.2 Å². The van der Waals surface area contributed by atoms with E-state index in [1.165, 1.54) is 6.20 Å². The number of aliphatic hydroxyl groups is 2. The molecule has 3 heterocycles. The molecule has 0 amide bonds. The number of hydrogen-bond acceptors (Lipinski definition) is 6. The van der Waals surface area contributed by atoms with Gasteiger partial charge in [-0.1, -0.05) is 46.3 Å². The predicted molar refractivity (Wildman–Crippen MR) is 134 cm³/mol. The van der Waals surface area contributed by atoms with Gasteiger partial charge in [0.25, 0.3) is 0 Å². The lowest BCUT2D eigenvalue weighted by molar-refractivity contribution is -0.160. The minimum Gasteiger partial charge on any atom is -0.383 e. The molecule has 0 spiro atoms. The molecule has 7 heteroatoms. The number of pyridine rings is 3. The van der Waals surface area contributed by atoms with Crippen molar-refractivity contribution in [3.05, 3.63) is 125 Å². The quantitative estimate of drug-likeness (QED) is 0.361. The second kappa shape index (κ2) is 9.41. The van der Waals surface area contributed by atoms with Gasteiger partial charge in [0.1, 0.15) is 16.9 Å². The Morgan fingerprint density at radius 1 is 0.743 bits per heavy atom. The fourth-order valence-corrected chi connectivity index (χ4v) is 5.52. The molecule has 0 saturated heterocycles. The van der Waals surface area contributed by atoms with Gasteiger partial charge in [-0.3, -0.25) is 19.7 Å². The summed E-state index contributed by atoms with van der Waals surface area (Å²) in [6, 6.07) is 23.3. The van der Waals surface area contributed by atoms with Gasteiger partial charge >= 0.3 is 0 Å². The van der Waals surface area contributed by atoms with Crippen molar-refractivity contribution in [2.45, 2.75) is 30.0 Å². The molecule has 2 atom stereocenters. The van der Waals surface area contributed by atoms with Gasteiger partial charge in [-0.25, -0.2) is 0 Å². The Hall–Kier alpha value is -3.26. The van der Waals surface area contributed by atoms with Gasteiger partial charge in [-0.15, -0.1) is 0 Å². The number of carbonyl (C=O) groups excluding carboxylic acids is 1. The van der Waals surface area contributed by atoms with Crippen molar-refractivity contribution in [2.24, 2.45) is 5.92 Å². The molecule has 0 bridgehead atoms. The van der Waals surface area contributed by atoms with Crippen LogP contribution in [0.15, 0.2) is 102 Å². The molecule has 176 valence electrons. The smallest absolute Gasteiger partial charge is 0.190 e. The van der Waals surface area contributed by atoms with E-state index in [0.29, 0.717) is 11.4 Å². The Balaban J connectivity index is 1.73. The minimum atomic E-state index is -1.78. The summed E-state index contributed by atoms with van der Waals surface area (Å²) >= 11 is 3.47. The highest BCUT2D eigenvalue weighted by Crippen LogP contribution is 2.56. The lowest BCUT2D eigenvalue weighted by atomic mass is 9.57. The van der Waals surface area contributed by atoms with E-state index in [9.17, 15) is 15.0 Å². The van der Waals surface area contributed by atoms with Crippen LogP contribution in [0.5, 0.6) is 0 Å². The monoisotopic (exact) mass is 529 g/mol. The highest BCUT2D eigenvalue weighted by atomic mass is 79.9. The third kappa shape index (κ3) is 4.31. The van der Waals surface area contributed by atoms with E-state index in [1.54, 1.807) is 67.0 Å². The van der Waals surface area contributed by atoms with E-state index >= 15 is 0 Å². The van der Waals surface area contributed by atoms with E-state index in [4.69, 9.17) is 0 Å². The number of aromatic nitrogens is 3. The Bertz CT molecular complexity index is 1250. The van der Waals surface area contributed by atoms with Gasteiger partial charge in [-0.05, 0) is 72.9 Å². The maximum absolute atomic E-state index is 14.0. The van der Waals surface area contributed by atoms with Crippen molar-refractivity contribution in [1.82, 2.24) is 15.0 Å². The molecule has 1 saturated carbocycles. The number of Topliss-reactive ketones (excluding diaryl/α,β-unsaturated/α-hetero) is 1. The molecular weight excluding hydrogens is 506 g/mol. The topological polar surface area (TPSA) is 96.2 Å². The number of benzene rings is 1. The maximum atomic E-state index is 14.0. The van der Waals surface area contributed by atoms with Crippen molar-refractivity contribution < 1.29 is 15.0 Å². The van der Waals surface area contributed by atoms with Crippen LogP contribution in [0.2, 0.25) is 0 Å². The molecule has 1 aliphatic carbocycles. The molecule has 1 fully saturated rings. The zero-order valence-corrected chi connectivity index (χ0v) is 20.4. The third-order valence-corrected chi connectivity index (χ3v) is 7.34. The Labute approximate surface area is 211 Å². The van der Waals surface area contributed by atoms with Crippen LogP contribution in [0.3, 0.4) is 0 Å². The molecule has 1 aromatic carbocycles. The molecule has 2 N–H and O–H groups in total. The summed E-state index contributed by atoms with van der Waals surface area (Å²) < 4.78 is 0.931. The van der Waals surface area contributed by atoms with Crippen LogP contribution < -0.4 is 0 Å². The third-order valence-electron chi connectivity index (χ3n) is 6.81. The molecule has 35 heavy (non-hydrogen) atoms. The predicted octanol–water partition coefficient (Wildman–Crippen LogP) is 4.79. The molecule has 0 aliphatic heterocycles. The molecule has 6 nitrogen and oxygen atoms in total. The van der Waals surface area contributed by atoms with Crippen LogP contribution in [0.1, 0.15) is 46.2 Å². The molecule has 5 rings (SSSR count). The van der Waals surface area contributed by atoms with Gasteiger partial charge in [0.05, 0.1) is 17.3 Å². The lowest BCUT2D eigenvalue weighted by Gasteiger charge is -2.51. The zero-order chi connectivity index (χ0) is 24.5. The average molecular weight is 530 g/mol. The largest absolute Gasteiger partial charge is 0.383 e. The Kier molecular flexibility index (Phi) is 6.32. The van der Waals surface area contributed by atoms with Gasteiger partial charge in [0, 0.05) is 23.1 Å². The van der Waals surface area contributed by atoms with E-state index in [1.807, 2.05) is 24.3 Å². The first-order chi connectivity index (χ1) is 16.9. The average Bonchev–Trinajstić information content (AvgIpc) is 2.90. The summed E-state index contributed by atoms with van der Waals surface area (Å²) in [6.45, 7) is 0. The lowest BCUT2D eigenvalue weighted by Crippen LogP contribution is -2.57. The van der Waals surface area contributed by atoms with Crippen LogP contribution in [0.25, 0.3) is 0 Å². The summed E-state index contributed by atoms with van der Waals surface area (Å²) in [7, 11) is 0. The number of nitrogens with zero attached hydrogens (tertiary/aromatic N) is 3. The molecule has 0 unspecified atom stereocenters. The fourth-order valence-electron chi connectivity index (χ4n) is 5.26. The molecule has 4 aromatic rings. The van der Waals surface area contributed by atoms with Gasteiger partial charge in [0.2, 0.25) is 0 Å². The highest BCUT2D eigenvalue weighted by molar-refractivity contribution is 9.10. The first-order valence-electron chi connectivity index (χ1n) is 11.4. The fraction of sp³-hybridized carbons (Fsp3) is 0.214. The van der Waals surface area contributed by atoms with E-state index in [2.05, 4.69) is 30.9 Å². The van der Waals surface area contributed by atoms with Crippen molar-refractivity contribution in [3.8, 4) is 0 Å². The van der Waals surface area contributed by atoms with Crippen LogP contribution in [-0.4, -0.2) is 30.9 Å². The van der Waals surface area contributed by atoms with Gasteiger partial charge in [-0.2, -0.15) is 0 Å². The zero-order valence-electron chi connectivity index (χ0n) is 18.8. The minimum absolute atomic E-state index is 0.170. The van der Waals surface area contributed by atoms with Crippen molar-refractivity contribution in [3.63, 3.8) is 0 Å². The molecule has 0 radical (unpaired) electrons. The van der Waals surface area contributed by atoms with Crippen molar-refractivity contribution in [2.75, 3.05) is 0 Å². The van der Waals surface area contributed by atoms with Crippen molar-refractivity contribution >= 4 is 21.7 Å². The second-order valence-electron chi connectivity index (χ2n) is 8.95. The summed E-state index contributed by atoms with van der Waals surface area (Å²) in [6.07, 6.45) is 5.09. The number of hydrogen-bond donors (Lipinski definition) is 2. The normalized spacial score (nSPS) is 26.3. The number of rotatable bonds is 5. The summed E-state index contributed by atoms with van der Waals surface area (Å²) in [4.78, 5) is 27.1. The number of halogens is 1. The molecule has 3 aromatic heterocycles. The first kappa shape index (κ1) is 23.5. The number of ketones is 1. The van der Waals surface area contributed by atoms with E-state index in [0.717, 1.165) is 10.0 Å². The van der Waals surface area contributed by atoms with E-state index in [-0.39, 0.29) is 24.5 Å². The summed E-state index contributed by atoms with van der Waals surface area (Å²) in [5.41, 5.74) is -1.80. The summed E-state index contributed by atoms with van der Waals surface area (Å²) in [5, 5.41) is 24.8. The van der Waals surface area contributed by atoms with Crippen LogP contribution in [0.4, 0.5) is 0 Å². The Morgan fingerprint density at radius 2 is 1.26 bits per heavy atom. The first-order valence-corrected chi connectivity index (χ1v) is 12.2. The maximum Gasteiger partial charge on any atom is 0.190 e. The SMILES string of the molecule is O=C(c1ccccn1)C1[C@](O)(c2ccccn2)CC(c2ccc(Br)cc2)C[C@@]1(O)c1ccccn1. The van der Waals surface area contributed by atoms with Crippen LogP contribution in [0, 0.1) is 5.92 Å². The molecular formula is C28H24BrN3O3. The van der Waals surface area contributed by atoms with Crippen LogP contribution in [-0.2, 0) is 11.2 Å². The molecule has 1 aliphatic rings. The van der Waals surface area contributed by atoms with Crippen LogP contribution >= 0.6 is 15.9 Å². The second-order valence-corrected chi connectivity index (χ2v) is 9.86. The standard InChI is InChI=1S/C28H24BrN3O3/c29-21-12-10-19(11-13-21)20-17-27(34,23-8-2-5-15-31-23)26(25(33)22-7-1-4-14-30-22)28(35,18-20)24-9-3-6-16-32-24/h1-16,20,26,34-35H,17-18H2/t20?,26?,27-,28-/m1/s1. The number of carbonyl (C=O) groups is 1. The van der Waals surface area contributed by atoms with E-state index < -0.39 is 22.9 Å². The highest BCUT2D eigenvalue weighted by Gasteiger charge is 2.61.